The van der Waals surface area contributed by atoms with E-state index in [-0.39, 0.29) is 32.2 Å². The third-order valence-corrected chi connectivity index (χ3v) is 4.30. The van der Waals surface area contributed by atoms with Gasteiger partial charge in [-0.3, -0.25) is 4.79 Å². The molecule has 0 fully saturated rings. The van der Waals surface area contributed by atoms with Crippen LogP contribution in [0.15, 0.2) is 18.2 Å². The van der Waals surface area contributed by atoms with E-state index >= 15 is 0 Å². The van der Waals surface area contributed by atoms with Gasteiger partial charge in [-0.05, 0) is 18.2 Å². The lowest BCUT2D eigenvalue weighted by Crippen LogP contribution is -2.35. The minimum atomic E-state index is -0.289. The van der Waals surface area contributed by atoms with E-state index in [4.69, 9.17) is 27.5 Å². The van der Waals surface area contributed by atoms with Gasteiger partial charge < -0.3 is 20.8 Å². The highest BCUT2D eigenvalue weighted by molar-refractivity contribution is 7.21. The summed E-state index contributed by atoms with van der Waals surface area (Å²) in [6.07, 6.45) is 0. The molecule has 0 aliphatic rings. The van der Waals surface area contributed by atoms with Crippen LogP contribution in [-0.4, -0.2) is 47.3 Å². The second kappa shape index (κ2) is 6.41. The normalized spacial score (nSPS) is 10.9. The Morgan fingerprint density at radius 3 is 2.55 bits per heavy atom. The van der Waals surface area contributed by atoms with Gasteiger partial charge in [-0.15, -0.1) is 11.3 Å². The molecule has 4 N–H and O–H groups in total. The molecule has 2 rings (SSSR count). The van der Waals surface area contributed by atoms with Gasteiger partial charge >= 0.3 is 0 Å². The van der Waals surface area contributed by atoms with Gasteiger partial charge in [-0.2, -0.15) is 0 Å². The highest BCUT2D eigenvalue weighted by Crippen LogP contribution is 2.35. The maximum atomic E-state index is 12.4. The van der Waals surface area contributed by atoms with E-state index in [1.807, 2.05) is 0 Å². The second-order valence-electron chi connectivity index (χ2n) is 4.22. The van der Waals surface area contributed by atoms with Crippen LogP contribution in [0.2, 0.25) is 5.02 Å². The first kappa shape index (κ1) is 15.1. The van der Waals surface area contributed by atoms with Gasteiger partial charge in [0.2, 0.25) is 0 Å². The minimum absolute atomic E-state index is 0.161. The van der Waals surface area contributed by atoms with Gasteiger partial charge in [0.05, 0.1) is 18.9 Å². The lowest BCUT2D eigenvalue weighted by molar-refractivity contribution is 0.0690. The fourth-order valence-corrected chi connectivity index (χ4v) is 3.32. The monoisotopic (exact) mass is 314 g/mol. The molecular formula is C13H15ClN2O3S. The molecule has 0 bridgehead atoms. The summed E-state index contributed by atoms with van der Waals surface area (Å²) >= 11 is 7.19. The molecule has 2 aromatic rings. The second-order valence-corrected chi connectivity index (χ2v) is 5.71. The van der Waals surface area contributed by atoms with Crippen molar-refractivity contribution in [3.63, 3.8) is 0 Å². The first-order chi connectivity index (χ1) is 9.58. The van der Waals surface area contributed by atoms with Gasteiger partial charge in [0.15, 0.2) is 0 Å². The van der Waals surface area contributed by atoms with Crippen LogP contribution in [-0.2, 0) is 0 Å². The van der Waals surface area contributed by atoms with Crippen molar-refractivity contribution in [2.45, 2.75) is 0 Å². The summed E-state index contributed by atoms with van der Waals surface area (Å²) in [5, 5.41) is 19.3. The molecule has 20 heavy (non-hydrogen) atoms. The van der Waals surface area contributed by atoms with Crippen molar-refractivity contribution in [1.82, 2.24) is 4.90 Å². The number of aliphatic hydroxyl groups excluding tert-OH is 2. The summed E-state index contributed by atoms with van der Waals surface area (Å²) in [7, 11) is 0. The number of halogens is 1. The Hall–Kier alpha value is -1.34. The van der Waals surface area contributed by atoms with Gasteiger partial charge in [-0.1, -0.05) is 11.6 Å². The lowest BCUT2D eigenvalue weighted by Gasteiger charge is -2.20. The highest BCUT2D eigenvalue weighted by Gasteiger charge is 2.21. The minimum Gasteiger partial charge on any atom is -0.397 e. The predicted octanol–water partition coefficient (Wildman–Crippen LogP) is 1.56. The molecule has 0 atom stereocenters. The Bertz CT molecular complexity index is 623. The van der Waals surface area contributed by atoms with E-state index < -0.39 is 0 Å². The molecule has 0 unspecified atom stereocenters. The van der Waals surface area contributed by atoms with Crippen molar-refractivity contribution in [3.05, 3.63) is 28.1 Å². The number of fused-ring (bicyclic) bond motifs is 1. The number of nitrogens with two attached hydrogens (primary N) is 1. The number of amides is 1. The molecule has 1 aromatic carbocycles. The third-order valence-electron chi connectivity index (χ3n) is 2.91. The predicted molar refractivity (Wildman–Crippen MR) is 81.3 cm³/mol. The molecule has 1 heterocycles. The number of anilines is 1. The topological polar surface area (TPSA) is 86.8 Å². The molecule has 1 amide bonds. The van der Waals surface area contributed by atoms with E-state index in [0.29, 0.717) is 15.6 Å². The number of carbonyl (C=O) groups excluding carboxylic acids is 1. The zero-order chi connectivity index (χ0) is 14.7. The Morgan fingerprint density at radius 1 is 1.30 bits per heavy atom. The standard InChI is InChI=1S/C13H15ClN2O3S/c14-8-1-2-9-10(7-8)20-12(11(9)15)13(19)16(3-5-17)4-6-18/h1-2,7,17-18H,3-6,15H2. The van der Waals surface area contributed by atoms with Crippen LogP contribution >= 0.6 is 22.9 Å². The first-order valence-corrected chi connectivity index (χ1v) is 7.26. The van der Waals surface area contributed by atoms with Crippen LogP contribution in [0.3, 0.4) is 0 Å². The molecular weight excluding hydrogens is 300 g/mol. The van der Waals surface area contributed by atoms with Crippen molar-refractivity contribution < 1.29 is 15.0 Å². The summed E-state index contributed by atoms with van der Waals surface area (Å²) in [6.45, 7) is -0.00753. The number of thiophene rings is 1. The molecule has 0 saturated carbocycles. The van der Waals surface area contributed by atoms with Crippen molar-refractivity contribution in [1.29, 1.82) is 0 Å². The number of hydrogen-bond donors (Lipinski definition) is 3. The number of rotatable bonds is 5. The van der Waals surface area contributed by atoms with Gasteiger partial charge in [0.1, 0.15) is 4.88 Å². The third kappa shape index (κ3) is 2.88. The van der Waals surface area contributed by atoms with E-state index in [0.717, 1.165) is 10.1 Å². The Labute approximate surface area is 125 Å². The number of nitrogens with zero attached hydrogens (tertiary/aromatic N) is 1. The molecule has 5 nitrogen and oxygen atoms in total. The maximum absolute atomic E-state index is 12.4. The van der Waals surface area contributed by atoms with Crippen molar-refractivity contribution in [2.24, 2.45) is 0 Å². The molecule has 0 spiro atoms. The van der Waals surface area contributed by atoms with Crippen LogP contribution in [0.1, 0.15) is 9.67 Å². The fraction of sp³-hybridized carbons (Fsp3) is 0.308. The number of nitrogen functional groups attached to an aromatic ring is 1. The molecule has 0 radical (unpaired) electrons. The first-order valence-electron chi connectivity index (χ1n) is 6.07. The summed E-state index contributed by atoms with van der Waals surface area (Å²) in [6, 6.07) is 5.26. The van der Waals surface area contributed by atoms with Gasteiger partial charge in [0.25, 0.3) is 5.91 Å². The smallest absolute Gasteiger partial charge is 0.266 e. The number of aliphatic hydroxyl groups is 2. The Morgan fingerprint density at radius 2 is 1.95 bits per heavy atom. The summed E-state index contributed by atoms with van der Waals surface area (Å²) in [5.74, 6) is -0.289. The zero-order valence-electron chi connectivity index (χ0n) is 10.7. The van der Waals surface area contributed by atoms with E-state index in [9.17, 15) is 4.79 Å². The summed E-state index contributed by atoms with van der Waals surface area (Å²) in [5.41, 5.74) is 6.42. The van der Waals surface area contributed by atoms with Gasteiger partial charge in [-0.25, -0.2) is 0 Å². The SMILES string of the molecule is Nc1c(C(=O)N(CCO)CCO)sc2cc(Cl)ccc12. The molecule has 0 saturated heterocycles. The number of benzene rings is 1. The van der Waals surface area contributed by atoms with Crippen LogP contribution < -0.4 is 5.73 Å². The average molecular weight is 315 g/mol. The van der Waals surface area contributed by atoms with Crippen molar-refractivity contribution in [3.8, 4) is 0 Å². The van der Waals surface area contributed by atoms with Crippen LogP contribution in [0, 0.1) is 0 Å². The van der Waals surface area contributed by atoms with Crippen LogP contribution in [0.4, 0.5) is 5.69 Å². The van der Waals surface area contributed by atoms with E-state index in [2.05, 4.69) is 0 Å². The quantitative estimate of drug-likeness (QED) is 0.781. The van der Waals surface area contributed by atoms with Gasteiger partial charge in [0, 0.05) is 28.2 Å². The molecule has 0 aliphatic heterocycles. The average Bonchev–Trinajstić information content (AvgIpc) is 2.74. The Kier molecular flexibility index (Phi) is 4.82. The van der Waals surface area contributed by atoms with E-state index in [1.165, 1.54) is 16.2 Å². The molecule has 108 valence electrons. The number of hydrogen-bond acceptors (Lipinski definition) is 5. The van der Waals surface area contributed by atoms with Crippen LogP contribution in [0.25, 0.3) is 10.1 Å². The van der Waals surface area contributed by atoms with Crippen molar-refractivity contribution in [2.75, 3.05) is 32.0 Å². The lowest BCUT2D eigenvalue weighted by atomic mass is 10.2. The zero-order valence-corrected chi connectivity index (χ0v) is 12.2. The largest absolute Gasteiger partial charge is 0.397 e. The van der Waals surface area contributed by atoms with Crippen LogP contribution in [0.5, 0.6) is 0 Å². The highest BCUT2D eigenvalue weighted by atomic mass is 35.5. The number of carbonyl (C=O) groups is 1. The molecule has 1 aromatic heterocycles. The Balaban J connectivity index is 2.40. The van der Waals surface area contributed by atoms with E-state index in [1.54, 1.807) is 18.2 Å². The maximum Gasteiger partial charge on any atom is 0.266 e. The molecule has 7 heteroatoms. The summed E-state index contributed by atoms with van der Waals surface area (Å²) < 4.78 is 0.839. The fourth-order valence-electron chi connectivity index (χ4n) is 1.95. The summed E-state index contributed by atoms with van der Waals surface area (Å²) in [4.78, 5) is 14.2. The molecule has 0 aliphatic carbocycles. The van der Waals surface area contributed by atoms with Crippen molar-refractivity contribution >= 4 is 44.6 Å².